The summed E-state index contributed by atoms with van der Waals surface area (Å²) in [5, 5.41) is 13.8. The molecule has 2 aromatic carbocycles. The van der Waals surface area contributed by atoms with Gasteiger partial charge in [0.15, 0.2) is 0 Å². The maximum atomic E-state index is 12.2. The van der Waals surface area contributed by atoms with Crippen molar-refractivity contribution in [2.75, 3.05) is 17.1 Å². The molecule has 2 aromatic rings. The van der Waals surface area contributed by atoms with Crippen LogP contribution in [-0.2, 0) is 21.2 Å². The molecule has 0 aliphatic rings. The van der Waals surface area contributed by atoms with Gasteiger partial charge in [0.2, 0.25) is 10.0 Å². The van der Waals surface area contributed by atoms with Crippen molar-refractivity contribution in [1.82, 2.24) is 5.43 Å². The second-order valence-corrected chi connectivity index (χ2v) is 7.95. The van der Waals surface area contributed by atoms with Crippen molar-refractivity contribution in [2.24, 2.45) is 5.10 Å². The number of aromatic hydroxyl groups is 1. The van der Waals surface area contributed by atoms with Gasteiger partial charge in [0.25, 0.3) is 5.91 Å². The van der Waals surface area contributed by atoms with Gasteiger partial charge in [-0.3, -0.25) is 9.10 Å². The lowest BCUT2D eigenvalue weighted by Gasteiger charge is -2.21. The molecule has 0 aromatic heterocycles. The number of amides is 1. The molecule has 1 amide bonds. The van der Waals surface area contributed by atoms with Crippen molar-refractivity contribution in [3.8, 4) is 5.75 Å². The Hall–Kier alpha value is -2.87. The lowest BCUT2D eigenvalue weighted by Crippen LogP contribution is -2.39. The third-order valence-electron chi connectivity index (χ3n) is 3.96. The van der Waals surface area contributed by atoms with E-state index < -0.39 is 22.5 Å². The molecule has 2 rings (SSSR count). The molecule has 0 fully saturated rings. The van der Waals surface area contributed by atoms with Gasteiger partial charge in [-0.2, -0.15) is 5.10 Å². The Morgan fingerprint density at radius 2 is 1.78 bits per heavy atom. The second kappa shape index (κ2) is 8.68. The van der Waals surface area contributed by atoms with Crippen molar-refractivity contribution in [3.63, 3.8) is 0 Å². The highest BCUT2D eigenvalue weighted by atomic mass is 32.2. The number of phenols is 1. The van der Waals surface area contributed by atoms with Gasteiger partial charge in [0.05, 0.1) is 17.7 Å². The van der Waals surface area contributed by atoms with Crippen LogP contribution in [0.1, 0.15) is 25.0 Å². The molecule has 8 heteroatoms. The van der Waals surface area contributed by atoms with Crippen LogP contribution in [0.5, 0.6) is 5.75 Å². The van der Waals surface area contributed by atoms with E-state index in [9.17, 15) is 18.3 Å². The van der Waals surface area contributed by atoms with E-state index in [4.69, 9.17) is 0 Å². The number of hydrogen-bond donors (Lipinski definition) is 2. The minimum atomic E-state index is -3.65. The summed E-state index contributed by atoms with van der Waals surface area (Å²) in [5.41, 5.74) is 4.69. The standard InChI is InChI=1S/C19H23N3O4S/c1-4-15-9-11-16(12-10-15)22(27(3,25)26)13-19(24)21-20-14(2)17-7-5-6-8-18(17)23/h5-12,23H,4,13H2,1-3H3,(H,21,24)/b20-14-. The van der Waals surface area contributed by atoms with Gasteiger partial charge in [-0.05, 0) is 43.2 Å². The lowest BCUT2D eigenvalue weighted by molar-refractivity contribution is -0.119. The Morgan fingerprint density at radius 1 is 1.15 bits per heavy atom. The zero-order chi connectivity index (χ0) is 20.0. The third kappa shape index (κ3) is 5.55. The molecule has 0 saturated heterocycles. The molecule has 0 unspecified atom stereocenters. The van der Waals surface area contributed by atoms with Gasteiger partial charge < -0.3 is 5.11 Å². The first-order valence-corrected chi connectivity index (χ1v) is 10.3. The summed E-state index contributed by atoms with van der Waals surface area (Å²) < 4.78 is 25.2. The number of phenolic OH excluding ortho intramolecular Hbond substituents is 1. The average Bonchev–Trinajstić information content (AvgIpc) is 2.64. The molecule has 0 aliphatic carbocycles. The number of nitrogens with zero attached hydrogens (tertiary/aromatic N) is 2. The van der Waals surface area contributed by atoms with Crippen LogP contribution in [0, 0.1) is 0 Å². The van der Waals surface area contributed by atoms with Crippen LogP contribution >= 0.6 is 0 Å². The van der Waals surface area contributed by atoms with Gasteiger partial charge in [0.1, 0.15) is 12.3 Å². The number of anilines is 1. The minimum Gasteiger partial charge on any atom is -0.507 e. The van der Waals surface area contributed by atoms with Gasteiger partial charge in [-0.1, -0.05) is 31.2 Å². The molecule has 0 spiro atoms. The number of rotatable bonds is 7. The molecular formula is C19H23N3O4S. The molecule has 0 radical (unpaired) electrons. The van der Waals surface area contributed by atoms with Crippen LogP contribution in [0.4, 0.5) is 5.69 Å². The number of nitrogens with one attached hydrogen (secondary N) is 1. The first kappa shape index (κ1) is 20.4. The summed E-state index contributed by atoms with van der Waals surface area (Å²) in [4.78, 5) is 12.2. The van der Waals surface area contributed by atoms with Crippen LogP contribution in [0.2, 0.25) is 0 Å². The predicted octanol–water partition coefficient (Wildman–Crippen LogP) is 2.26. The summed E-state index contributed by atoms with van der Waals surface area (Å²) in [6, 6.07) is 13.6. The molecule has 7 nitrogen and oxygen atoms in total. The zero-order valence-corrected chi connectivity index (χ0v) is 16.3. The summed E-state index contributed by atoms with van der Waals surface area (Å²) in [6.07, 6.45) is 1.88. The van der Waals surface area contributed by atoms with Crippen LogP contribution in [-0.4, -0.2) is 37.9 Å². The average molecular weight is 389 g/mol. The molecule has 2 N–H and O–H groups in total. The molecule has 144 valence electrons. The number of carbonyl (C=O) groups is 1. The summed E-state index contributed by atoms with van der Waals surface area (Å²) in [6.45, 7) is 3.23. The molecule has 27 heavy (non-hydrogen) atoms. The number of carbonyl (C=O) groups excluding carboxylic acids is 1. The van der Waals surface area contributed by atoms with Gasteiger partial charge >= 0.3 is 0 Å². The number of benzene rings is 2. The van der Waals surface area contributed by atoms with E-state index in [1.54, 1.807) is 37.3 Å². The van der Waals surface area contributed by atoms with Gasteiger partial charge in [0, 0.05) is 5.56 Å². The van der Waals surface area contributed by atoms with E-state index in [1.807, 2.05) is 19.1 Å². The fourth-order valence-corrected chi connectivity index (χ4v) is 3.31. The van der Waals surface area contributed by atoms with Crippen molar-refractivity contribution in [3.05, 3.63) is 59.7 Å². The Morgan fingerprint density at radius 3 is 2.33 bits per heavy atom. The van der Waals surface area contributed by atoms with Crippen LogP contribution in [0.25, 0.3) is 0 Å². The van der Waals surface area contributed by atoms with Gasteiger partial charge in [-0.25, -0.2) is 13.8 Å². The molecule has 0 bridgehead atoms. The monoisotopic (exact) mass is 389 g/mol. The number of sulfonamides is 1. The summed E-state index contributed by atoms with van der Waals surface area (Å²) >= 11 is 0. The highest BCUT2D eigenvalue weighted by Crippen LogP contribution is 2.19. The first-order valence-electron chi connectivity index (χ1n) is 8.40. The van der Waals surface area contributed by atoms with Crippen LogP contribution in [0.3, 0.4) is 0 Å². The minimum absolute atomic E-state index is 0.0433. The van der Waals surface area contributed by atoms with Crippen molar-refractivity contribution in [1.29, 1.82) is 0 Å². The largest absolute Gasteiger partial charge is 0.507 e. The number of para-hydroxylation sites is 1. The smallest absolute Gasteiger partial charge is 0.260 e. The van der Waals surface area contributed by atoms with E-state index in [1.165, 1.54) is 6.07 Å². The fourth-order valence-electron chi connectivity index (χ4n) is 2.45. The van der Waals surface area contributed by atoms with E-state index in [0.717, 1.165) is 22.5 Å². The Labute approximate surface area is 159 Å². The fraction of sp³-hybridized carbons (Fsp3) is 0.263. The lowest BCUT2D eigenvalue weighted by atomic mass is 10.1. The molecule has 0 aliphatic heterocycles. The zero-order valence-electron chi connectivity index (χ0n) is 15.5. The van der Waals surface area contributed by atoms with Crippen LogP contribution < -0.4 is 9.73 Å². The highest BCUT2D eigenvalue weighted by molar-refractivity contribution is 7.92. The Balaban J connectivity index is 2.14. The summed E-state index contributed by atoms with van der Waals surface area (Å²) in [5.74, 6) is -0.545. The van der Waals surface area contributed by atoms with Gasteiger partial charge in [-0.15, -0.1) is 0 Å². The highest BCUT2D eigenvalue weighted by Gasteiger charge is 2.20. The number of hydrazone groups is 1. The van der Waals surface area contributed by atoms with E-state index in [0.29, 0.717) is 17.0 Å². The Kier molecular flexibility index (Phi) is 6.57. The van der Waals surface area contributed by atoms with Crippen molar-refractivity contribution >= 4 is 27.3 Å². The Bertz CT molecular complexity index is 938. The maximum Gasteiger partial charge on any atom is 0.260 e. The van der Waals surface area contributed by atoms with E-state index in [-0.39, 0.29) is 5.75 Å². The topological polar surface area (TPSA) is 99.1 Å². The molecule has 0 heterocycles. The van der Waals surface area contributed by atoms with Crippen molar-refractivity contribution < 1.29 is 18.3 Å². The SMILES string of the molecule is CCc1ccc(N(CC(=O)N/N=C(/C)c2ccccc2O)S(C)(=O)=O)cc1. The molecule has 0 saturated carbocycles. The normalized spacial score (nSPS) is 11.9. The number of hydrogen-bond acceptors (Lipinski definition) is 5. The molecule has 0 atom stereocenters. The number of aryl methyl sites for hydroxylation is 1. The maximum absolute atomic E-state index is 12.2. The molecular weight excluding hydrogens is 366 g/mol. The quantitative estimate of drug-likeness (QED) is 0.560. The van der Waals surface area contributed by atoms with E-state index >= 15 is 0 Å². The first-order chi connectivity index (χ1) is 12.7. The second-order valence-electron chi connectivity index (χ2n) is 6.04. The third-order valence-corrected chi connectivity index (χ3v) is 5.10. The van der Waals surface area contributed by atoms with Crippen LogP contribution in [0.15, 0.2) is 53.6 Å². The van der Waals surface area contributed by atoms with E-state index in [2.05, 4.69) is 10.5 Å². The van der Waals surface area contributed by atoms with Crippen molar-refractivity contribution in [2.45, 2.75) is 20.3 Å². The summed E-state index contributed by atoms with van der Waals surface area (Å²) in [7, 11) is -3.65. The predicted molar refractivity (Wildman–Crippen MR) is 106 cm³/mol.